The molecule has 1 aliphatic heterocycles. The molecule has 1 atom stereocenters. The van der Waals surface area contributed by atoms with E-state index in [1.165, 1.54) is 15.9 Å². The monoisotopic (exact) mass is 378 g/mol. The van der Waals surface area contributed by atoms with Crippen molar-refractivity contribution >= 4 is 5.91 Å². The summed E-state index contributed by atoms with van der Waals surface area (Å²) >= 11 is 0. The number of rotatable bonds is 3. The van der Waals surface area contributed by atoms with Gasteiger partial charge in [0, 0.05) is 13.1 Å². The number of carbonyl (C=O) groups is 1. The van der Waals surface area contributed by atoms with Crippen LogP contribution >= 0.6 is 0 Å². The minimum absolute atomic E-state index is 0.0416. The van der Waals surface area contributed by atoms with Gasteiger partial charge < -0.3 is 9.47 Å². The third-order valence-corrected chi connectivity index (χ3v) is 4.30. The molecule has 0 fully saturated rings. The van der Waals surface area contributed by atoms with Gasteiger partial charge in [0.15, 0.2) is 11.9 Å². The van der Waals surface area contributed by atoms with Crippen LogP contribution < -0.4 is 0 Å². The summed E-state index contributed by atoms with van der Waals surface area (Å²) in [5, 5.41) is 17.8. The fourth-order valence-corrected chi connectivity index (χ4v) is 3.06. The Balaban J connectivity index is 1.63. The molecule has 0 unspecified atom stereocenters. The molecule has 0 radical (unpaired) electrons. The summed E-state index contributed by atoms with van der Waals surface area (Å²) in [5.41, 5.74) is 0.665. The molecule has 3 aromatic rings. The van der Waals surface area contributed by atoms with Crippen LogP contribution in [-0.2, 0) is 24.1 Å². The molecule has 0 N–H and O–H groups in total. The van der Waals surface area contributed by atoms with Crippen LogP contribution in [0.5, 0.6) is 0 Å². The second-order valence-corrected chi connectivity index (χ2v) is 5.95. The lowest BCUT2D eigenvalue weighted by molar-refractivity contribution is -0.148. The van der Waals surface area contributed by atoms with E-state index in [1.54, 1.807) is 24.3 Å². The van der Waals surface area contributed by atoms with Crippen molar-refractivity contribution in [2.24, 2.45) is 0 Å². The van der Waals surface area contributed by atoms with Gasteiger partial charge in [-0.25, -0.2) is 4.68 Å². The molecule has 0 aliphatic carbocycles. The molecular weight excluding hydrogens is 365 g/mol. The van der Waals surface area contributed by atoms with Crippen LogP contribution in [0.1, 0.15) is 23.3 Å². The molecule has 1 amide bonds. The number of amides is 1. The maximum Gasteiger partial charge on any atom is 0.451 e. The van der Waals surface area contributed by atoms with Crippen molar-refractivity contribution in [2.75, 3.05) is 6.54 Å². The molecule has 0 bridgehead atoms. The van der Waals surface area contributed by atoms with Crippen LogP contribution in [0.15, 0.2) is 36.7 Å². The largest absolute Gasteiger partial charge is 0.451 e. The normalized spacial score (nSPS) is 15.4. The Hall–Kier alpha value is -3.31. The highest BCUT2D eigenvalue weighted by molar-refractivity contribution is 5.83. The molecule has 0 saturated carbocycles. The Morgan fingerprint density at radius 2 is 1.89 bits per heavy atom. The lowest BCUT2D eigenvalue weighted by atomic mass is 10.1. The minimum atomic E-state index is -4.59. The van der Waals surface area contributed by atoms with Crippen LogP contribution in [0.25, 0.3) is 0 Å². The quantitative estimate of drug-likeness (QED) is 0.673. The number of halogens is 3. The van der Waals surface area contributed by atoms with Crippen molar-refractivity contribution in [1.29, 1.82) is 0 Å². The predicted molar refractivity (Wildman–Crippen MR) is 82.8 cm³/mol. The molecule has 0 spiro atoms. The third kappa shape index (κ3) is 3.13. The van der Waals surface area contributed by atoms with E-state index < -0.39 is 18.0 Å². The number of tetrazole rings is 1. The molecule has 2 aromatic heterocycles. The van der Waals surface area contributed by atoms with Crippen LogP contribution in [0.4, 0.5) is 13.2 Å². The van der Waals surface area contributed by atoms with Gasteiger partial charge in [0.05, 0.1) is 6.54 Å². The third-order valence-electron chi connectivity index (χ3n) is 4.30. The predicted octanol–water partition coefficient (Wildman–Crippen LogP) is 0.915. The molecule has 0 saturated heterocycles. The van der Waals surface area contributed by atoms with Crippen molar-refractivity contribution < 1.29 is 18.0 Å². The van der Waals surface area contributed by atoms with Gasteiger partial charge in [-0.2, -0.15) is 13.2 Å². The van der Waals surface area contributed by atoms with E-state index in [4.69, 9.17) is 0 Å². The van der Waals surface area contributed by atoms with Gasteiger partial charge in [0.2, 0.25) is 5.82 Å². The number of carbonyl (C=O) groups excluding carboxylic acids is 1. The highest BCUT2D eigenvalue weighted by atomic mass is 19.4. The van der Waals surface area contributed by atoms with Gasteiger partial charge in [-0.15, -0.1) is 15.3 Å². The summed E-state index contributed by atoms with van der Waals surface area (Å²) in [6.45, 7) is -0.0220. The fourth-order valence-electron chi connectivity index (χ4n) is 3.06. The molecule has 4 rings (SSSR count). The summed E-state index contributed by atoms with van der Waals surface area (Å²) in [4.78, 5) is 14.6. The van der Waals surface area contributed by atoms with E-state index in [2.05, 4.69) is 25.7 Å². The molecule has 12 heteroatoms. The van der Waals surface area contributed by atoms with Gasteiger partial charge >= 0.3 is 6.18 Å². The number of alkyl halides is 3. The van der Waals surface area contributed by atoms with E-state index in [1.807, 2.05) is 6.07 Å². The van der Waals surface area contributed by atoms with Crippen molar-refractivity contribution in [1.82, 2.24) is 39.9 Å². The first-order valence-corrected chi connectivity index (χ1v) is 8.00. The summed E-state index contributed by atoms with van der Waals surface area (Å²) < 4.78 is 41.2. The molecular formula is C15H13F3N8O. The highest BCUT2D eigenvalue weighted by Gasteiger charge is 2.40. The first-order chi connectivity index (χ1) is 12.9. The van der Waals surface area contributed by atoms with Crippen LogP contribution in [0.2, 0.25) is 0 Å². The summed E-state index contributed by atoms with van der Waals surface area (Å²) in [7, 11) is 0. The number of hydrogen-bond donors (Lipinski definition) is 0. The van der Waals surface area contributed by atoms with Crippen LogP contribution in [0, 0.1) is 0 Å². The topological polar surface area (TPSA) is 94.6 Å². The first-order valence-electron chi connectivity index (χ1n) is 8.00. The van der Waals surface area contributed by atoms with Crippen molar-refractivity contribution in [3.05, 3.63) is 53.9 Å². The fraction of sp³-hybridized carbons (Fsp3) is 0.333. The maximum absolute atomic E-state index is 13.1. The number of nitrogens with zero attached hydrogens (tertiary/aromatic N) is 8. The standard InChI is InChI=1S/C15H13F3N8O/c16-15(17,18)14-21-20-11-8-24(6-7-25(11)14)13(27)12(26-9-19-22-23-26)10-4-2-1-3-5-10/h1-5,9,12H,6-8H2/t12-/m0/s1. The summed E-state index contributed by atoms with van der Waals surface area (Å²) in [6, 6.07) is 8.08. The minimum Gasteiger partial charge on any atom is -0.331 e. The van der Waals surface area contributed by atoms with Crippen molar-refractivity contribution in [2.45, 2.75) is 25.3 Å². The lowest BCUT2D eigenvalue weighted by Gasteiger charge is -2.31. The van der Waals surface area contributed by atoms with Crippen molar-refractivity contribution in [3.63, 3.8) is 0 Å². The van der Waals surface area contributed by atoms with E-state index in [9.17, 15) is 18.0 Å². The summed E-state index contributed by atoms with van der Waals surface area (Å²) in [6.07, 6.45) is -3.26. The molecule has 1 aromatic carbocycles. The average molecular weight is 378 g/mol. The average Bonchev–Trinajstić information content (AvgIpc) is 3.31. The Morgan fingerprint density at radius 1 is 1.11 bits per heavy atom. The van der Waals surface area contributed by atoms with Gasteiger partial charge in [-0.1, -0.05) is 30.3 Å². The smallest absolute Gasteiger partial charge is 0.331 e. The SMILES string of the molecule is O=C([C@H](c1ccccc1)n1cnnn1)N1CCn2c(nnc2C(F)(F)F)C1. The van der Waals surface area contributed by atoms with Gasteiger partial charge in [0.1, 0.15) is 6.33 Å². The number of fused-ring (bicyclic) bond motifs is 1. The molecule has 140 valence electrons. The number of aromatic nitrogens is 7. The van der Waals surface area contributed by atoms with Gasteiger partial charge in [0.25, 0.3) is 5.91 Å². The zero-order valence-electron chi connectivity index (χ0n) is 13.8. The second-order valence-electron chi connectivity index (χ2n) is 5.95. The number of benzene rings is 1. The highest BCUT2D eigenvalue weighted by Crippen LogP contribution is 2.30. The van der Waals surface area contributed by atoms with E-state index in [0.717, 1.165) is 4.57 Å². The molecule has 9 nitrogen and oxygen atoms in total. The number of hydrogen-bond acceptors (Lipinski definition) is 6. The van der Waals surface area contributed by atoms with E-state index in [0.29, 0.717) is 5.56 Å². The maximum atomic E-state index is 13.1. The first kappa shape index (κ1) is 17.1. The zero-order chi connectivity index (χ0) is 19.0. The summed E-state index contributed by atoms with van der Waals surface area (Å²) in [5.74, 6) is -1.30. The molecule has 3 heterocycles. The van der Waals surface area contributed by atoms with Crippen LogP contribution in [0.3, 0.4) is 0 Å². The van der Waals surface area contributed by atoms with Crippen LogP contribution in [-0.4, -0.2) is 52.3 Å². The Kier molecular flexibility index (Phi) is 4.09. The Bertz CT molecular complexity index is 938. The van der Waals surface area contributed by atoms with Crippen molar-refractivity contribution in [3.8, 4) is 0 Å². The Labute approximate surface area is 150 Å². The van der Waals surface area contributed by atoms with Gasteiger partial charge in [-0.3, -0.25) is 4.79 Å². The molecule has 27 heavy (non-hydrogen) atoms. The second kappa shape index (κ2) is 6.45. The lowest BCUT2D eigenvalue weighted by Crippen LogP contribution is -2.43. The van der Waals surface area contributed by atoms with E-state index >= 15 is 0 Å². The molecule has 1 aliphatic rings. The Morgan fingerprint density at radius 3 is 2.56 bits per heavy atom. The van der Waals surface area contributed by atoms with E-state index in [-0.39, 0.29) is 31.4 Å². The van der Waals surface area contributed by atoms with Gasteiger partial charge in [-0.05, 0) is 16.0 Å². The zero-order valence-corrected chi connectivity index (χ0v) is 13.8.